The predicted molar refractivity (Wildman–Crippen MR) is 46.7 cm³/mol. The zero-order valence-corrected chi connectivity index (χ0v) is 7.92. The fourth-order valence-electron chi connectivity index (χ4n) is 1.96. The van der Waals surface area contributed by atoms with Crippen LogP contribution in [0.15, 0.2) is 0 Å². The number of carboxylic acids is 1. The second-order valence-electron chi connectivity index (χ2n) is 4.57. The third kappa shape index (κ3) is 1.12. The Hall–Kier alpha value is -0.570. The molecule has 0 spiro atoms. The van der Waals surface area contributed by atoms with Crippen molar-refractivity contribution in [3.63, 3.8) is 0 Å². The van der Waals surface area contributed by atoms with Crippen LogP contribution in [0.25, 0.3) is 0 Å². The maximum atomic E-state index is 10.8. The molecule has 0 aliphatic heterocycles. The Morgan fingerprint density at radius 2 is 2.00 bits per heavy atom. The van der Waals surface area contributed by atoms with E-state index in [0.717, 1.165) is 6.42 Å². The maximum Gasteiger partial charge on any atom is 0.307 e. The van der Waals surface area contributed by atoms with E-state index in [1.54, 1.807) is 0 Å². The van der Waals surface area contributed by atoms with Crippen LogP contribution in [-0.4, -0.2) is 16.6 Å². The molecule has 1 aliphatic rings. The highest BCUT2D eigenvalue weighted by molar-refractivity contribution is 5.72. The molecule has 2 atom stereocenters. The second-order valence-corrected chi connectivity index (χ2v) is 4.57. The summed E-state index contributed by atoms with van der Waals surface area (Å²) < 4.78 is 0. The number of nitrogens with two attached hydrogens (primary N) is 1. The van der Waals surface area contributed by atoms with Crippen LogP contribution in [0.5, 0.6) is 0 Å². The van der Waals surface area contributed by atoms with Crippen molar-refractivity contribution >= 4 is 5.97 Å². The topological polar surface area (TPSA) is 63.3 Å². The van der Waals surface area contributed by atoms with Gasteiger partial charge in [-0.3, -0.25) is 4.79 Å². The van der Waals surface area contributed by atoms with Gasteiger partial charge in [0.1, 0.15) is 0 Å². The summed E-state index contributed by atoms with van der Waals surface area (Å²) in [6, 6.07) is 0. The summed E-state index contributed by atoms with van der Waals surface area (Å²) in [7, 11) is 0. The van der Waals surface area contributed by atoms with Crippen molar-refractivity contribution in [2.75, 3.05) is 0 Å². The first-order valence-corrected chi connectivity index (χ1v) is 4.31. The Morgan fingerprint density at radius 3 is 2.17 bits per heavy atom. The van der Waals surface area contributed by atoms with E-state index in [2.05, 4.69) is 0 Å². The van der Waals surface area contributed by atoms with Crippen molar-refractivity contribution in [1.82, 2.24) is 0 Å². The van der Waals surface area contributed by atoms with E-state index < -0.39 is 5.97 Å². The van der Waals surface area contributed by atoms with Crippen LogP contribution < -0.4 is 5.73 Å². The van der Waals surface area contributed by atoms with Crippen LogP contribution in [0.2, 0.25) is 0 Å². The number of carbonyl (C=O) groups is 1. The normalized spacial score (nSPS) is 39.8. The number of aliphatic carboxylic acids is 1. The molecule has 0 aromatic carbocycles. The molecule has 3 nitrogen and oxygen atoms in total. The maximum absolute atomic E-state index is 10.8. The first-order valence-electron chi connectivity index (χ1n) is 4.31. The van der Waals surface area contributed by atoms with Gasteiger partial charge in [0.25, 0.3) is 0 Å². The smallest absolute Gasteiger partial charge is 0.307 e. The fraction of sp³-hybridized carbons (Fsp3) is 0.889. The van der Waals surface area contributed by atoms with Gasteiger partial charge in [-0.2, -0.15) is 0 Å². The third-order valence-corrected chi connectivity index (χ3v) is 3.59. The molecule has 0 aromatic heterocycles. The summed E-state index contributed by atoms with van der Waals surface area (Å²) in [5.41, 5.74) is 5.39. The van der Waals surface area contributed by atoms with Crippen LogP contribution in [0.4, 0.5) is 0 Å². The molecule has 0 radical (unpaired) electrons. The lowest BCUT2D eigenvalue weighted by atomic mass is 9.72. The van der Waals surface area contributed by atoms with Crippen LogP contribution in [0.1, 0.15) is 33.6 Å². The van der Waals surface area contributed by atoms with Gasteiger partial charge in [0.05, 0.1) is 5.92 Å². The summed E-state index contributed by atoms with van der Waals surface area (Å²) in [4.78, 5) is 10.8. The molecule has 70 valence electrons. The van der Waals surface area contributed by atoms with Crippen LogP contribution in [0.3, 0.4) is 0 Å². The van der Waals surface area contributed by atoms with Gasteiger partial charge >= 0.3 is 5.97 Å². The summed E-state index contributed by atoms with van der Waals surface area (Å²) in [5.74, 6) is -0.998. The molecule has 0 saturated heterocycles. The Bertz CT molecular complexity index is 209. The zero-order chi connectivity index (χ0) is 9.57. The molecule has 3 heteroatoms. The Kier molecular flexibility index (Phi) is 1.95. The number of hydrogen-bond donors (Lipinski definition) is 2. The summed E-state index contributed by atoms with van der Waals surface area (Å²) in [6.07, 6.45) is 1.51. The molecule has 0 amide bonds. The Balaban J connectivity index is 2.93. The first-order chi connectivity index (χ1) is 5.29. The quantitative estimate of drug-likeness (QED) is 0.623. The van der Waals surface area contributed by atoms with Crippen LogP contribution >= 0.6 is 0 Å². The van der Waals surface area contributed by atoms with E-state index in [9.17, 15) is 4.79 Å². The molecule has 3 N–H and O–H groups in total. The Morgan fingerprint density at radius 1 is 1.50 bits per heavy atom. The number of hydrogen-bond acceptors (Lipinski definition) is 2. The van der Waals surface area contributed by atoms with Gasteiger partial charge < -0.3 is 10.8 Å². The lowest BCUT2D eigenvalue weighted by Gasteiger charge is -2.37. The minimum absolute atomic E-state index is 0.285. The largest absolute Gasteiger partial charge is 0.481 e. The zero-order valence-electron chi connectivity index (χ0n) is 7.92. The molecular formula is C9H17NO2. The highest BCUT2D eigenvalue weighted by Gasteiger charge is 2.52. The van der Waals surface area contributed by atoms with Gasteiger partial charge in [-0.1, -0.05) is 13.8 Å². The molecule has 1 aliphatic carbocycles. The second kappa shape index (κ2) is 2.46. The molecule has 1 saturated carbocycles. The van der Waals surface area contributed by atoms with Crippen molar-refractivity contribution < 1.29 is 9.90 Å². The molecule has 1 rings (SSSR count). The van der Waals surface area contributed by atoms with Gasteiger partial charge in [-0.05, 0) is 25.2 Å². The average molecular weight is 171 g/mol. The van der Waals surface area contributed by atoms with Crippen molar-refractivity contribution in [3.05, 3.63) is 0 Å². The minimum Gasteiger partial charge on any atom is -0.481 e. The molecular weight excluding hydrogens is 154 g/mol. The summed E-state index contributed by atoms with van der Waals surface area (Å²) in [6.45, 7) is 5.83. The average Bonchev–Trinajstić information content (AvgIpc) is 2.03. The van der Waals surface area contributed by atoms with Crippen molar-refractivity contribution in [2.45, 2.75) is 39.2 Å². The standard InChI is InChI=1S/C9H17NO2/c1-8(2)6(7(11)12)4-5-9(8,3)10/h6H,4-5,10H2,1-3H3,(H,11,12)/t6-,9+/m0/s1. The van der Waals surface area contributed by atoms with E-state index in [-0.39, 0.29) is 16.9 Å². The Labute approximate surface area is 72.9 Å². The van der Waals surface area contributed by atoms with E-state index in [4.69, 9.17) is 10.8 Å². The van der Waals surface area contributed by atoms with Crippen molar-refractivity contribution in [1.29, 1.82) is 0 Å². The molecule has 0 bridgehead atoms. The summed E-state index contributed by atoms with van der Waals surface area (Å²) in [5, 5.41) is 8.93. The molecule has 0 heterocycles. The van der Waals surface area contributed by atoms with Gasteiger partial charge in [0, 0.05) is 5.54 Å². The summed E-state index contributed by atoms with van der Waals surface area (Å²) >= 11 is 0. The molecule has 0 unspecified atom stereocenters. The van der Waals surface area contributed by atoms with E-state index in [0.29, 0.717) is 6.42 Å². The van der Waals surface area contributed by atoms with E-state index in [1.165, 1.54) is 0 Å². The number of rotatable bonds is 1. The van der Waals surface area contributed by atoms with Gasteiger partial charge in [0.2, 0.25) is 0 Å². The predicted octanol–water partition coefficient (Wildman–Crippen LogP) is 1.22. The van der Waals surface area contributed by atoms with Gasteiger partial charge in [-0.15, -0.1) is 0 Å². The highest BCUT2D eigenvalue weighted by atomic mass is 16.4. The van der Waals surface area contributed by atoms with Crippen molar-refractivity contribution in [2.24, 2.45) is 17.1 Å². The monoisotopic (exact) mass is 171 g/mol. The number of carboxylic acid groups (broad SMARTS) is 1. The SMILES string of the molecule is CC1(C)[C@H](C(=O)O)CC[C@@]1(C)N. The van der Waals surface area contributed by atoms with Crippen LogP contribution in [-0.2, 0) is 4.79 Å². The van der Waals surface area contributed by atoms with E-state index in [1.807, 2.05) is 20.8 Å². The molecule has 0 aromatic rings. The molecule has 12 heavy (non-hydrogen) atoms. The minimum atomic E-state index is -0.714. The highest BCUT2D eigenvalue weighted by Crippen LogP contribution is 2.48. The van der Waals surface area contributed by atoms with E-state index >= 15 is 0 Å². The lowest BCUT2D eigenvalue weighted by molar-refractivity contribution is -0.145. The lowest BCUT2D eigenvalue weighted by Crippen LogP contribution is -2.49. The van der Waals surface area contributed by atoms with Gasteiger partial charge in [-0.25, -0.2) is 0 Å². The van der Waals surface area contributed by atoms with Crippen LogP contribution in [0, 0.1) is 11.3 Å². The van der Waals surface area contributed by atoms with Gasteiger partial charge in [0.15, 0.2) is 0 Å². The third-order valence-electron chi connectivity index (χ3n) is 3.59. The van der Waals surface area contributed by atoms with Crippen molar-refractivity contribution in [3.8, 4) is 0 Å². The first kappa shape index (κ1) is 9.52. The fourth-order valence-corrected chi connectivity index (χ4v) is 1.96. The molecule has 1 fully saturated rings.